The first-order valence-corrected chi connectivity index (χ1v) is 6.65. The zero-order valence-electron chi connectivity index (χ0n) is 11.7. The van der Waals surface area contributed by atoms with Crippen molar-refractivity contribution < 1.29 is 19.1 Å². The number of rotatable bonds is 6. The molecular weight excluding hydrogens is 282 g/mol. The van der Waals surface area contributed by atoms with Crippen molar-refractivity contribution in [3.05, 3.63) is 28.8 Å². The van der Waals surface area contributed by atoms with Crippen LogP contribution in [0.2, 0.25) is 5.02 Å². The second-order valence-electron chi connectivity index (χ2n) is 4.30. The third-order valence-corrected chi connectivity index (χ3v) is 2.96. The van der Waals surface area contributed by atoms with Gasteiger partial charge in [-0.15, -0.1) is 0 Å². The van der Waals surface area contributed by atoms with Gasteiger partial charge < -0.3 is 14.8 Å². The van der Waals surface area contributed by atoms with E-state index in [-0.39, 0.29) is 29.9 Å². The van der Waals surface area contributed by atoms with E-state index in [9.17, 15) is 9.59 Å². The summed E-state index contributed by atoms with van der Waals surface area (Å²) in [5.74, 6) is -0.571. The monoisotopic (exact) mass is 299 g/mol. The highest BCUT2D eigenvalue weighted by Gasteiger charge is 2.15. The minimum Gasteiger partial charge on any atom is -0.483 e. The van der Waals surface area contributed by atoms with Crippen LogP contribution in [-0.2, 0) is 9.53 Å². The van der Waals surface area contributed by atoms with E-state index in [0.717, 1.165) is 6.42 Å². The van der Waals surface area contributed by atoms with Crippen molar-refractivity contribution in [2.75, 3.05) is 13.7 Å². The predicted molar refractivity (Wildman–Crippen MR) is 76.2 cm³/mol. The van der Waals surface area contributed by atoms with Gasteiger partial charge in [0.15, 0.2) is 6.61 Å². The summed E-state index contributed by atoms with van der Waals surface area (Å²) >= 11 is 5.85. The number of ether oxygens (including phenoxy) is 2. The lowest BCUT2D eigenvalue weighted by atomic mass is 10.2. The minimum absolute atomic E-state index is 0.0746. The van der Waals surface area contributed by atoms with Gasteiger partial charge in [0, 0.05) is 11.1 Å². The lowest BCUT2D eigenvalue weighted by Gasteiger charge is -2.13. The maximum Gasteiger partial charge on any atom is 0.341 e. The van der Waals surface area contributed by atoms with Gasteiger partial charge in [0.1, 0.15) is 11.3 Å². The SMILES string of the molecule is CC[C@H](C)NC(=O)COc1cc(Cl)ccc1C(=O)OC. The molecule has 0 saturated carbocycles. The van der Waals surface area contributed by atoms with Crippen molar-refractivity contribution in [2.45, 2.75) is 26.3 Å². The zero-order valence-corrected chi connectivity index (χ0v) is 12.5. The van der Waals surface area contributed by atoms with Crippen molar-refractivity contribution in [1.82, 2.24) is 5.32 Å². The lowest BCUT2D eigenvalue weighted by Crippen LogP contribution is -2.35. The van der Waals surface area contributed by atoms with Gasteiger partial charge in [-0.05, 0) is 31.5 Å². The maximum absolute atomic E-state index is 11.6. The number of amides is 1. The number of esters is 1. The van der Waals surface area contributed by atoms with Gasteiger partial charge in [0.05, 0.1) is 7.11 Å². The Bertz CT molecular complexity index is 490. The third-order valence-electron chi connectivity index (χ3n) is 2.73. The standard InChI is InChI=1S/C14H18ClNO4/c1-4-9(2)16-13(17)8-20-12-7-10(15)5-6-11(12)14(18)19-3/h5-7,9H,4,8H2,1-3H3,(H,16,17)/t9-/m0/s1. The van der Waals surface area contributed by atoms with Crippen molar-refractivity contribution in [1.29, 1.82) is 0 Å². The summed E-state index contributed by atoms with van der Waals surface area (Å²) in [5.41, 5.74) is 0.230. The van der Waals surface area contributed by atoms with Crippen LogP contribution in [0.4, 0.5) is 0 Å². The fourth-order valence-electron chi connectivity index (χ4n) is 1.46. The Labute approximate surface area is 123 Å². The van der Waals surface area contributed by atoms with Crippen LogP contribution in [-0.4, -0.2) is 31.6 Å². The molecule has 0 heterocycles. The van der Waals surface area contributed by atoms with Crippen molar-refractivity contribution in [3.63, 3.8) is 0 Å². The highest BCUT2D eigenvalue weighted by atomic mass is 35.5. The van der Waals surface area contributed by atoms with Crippen molar-refractivity contribution >= 4 is 23.5 Å². The second kappa shape index (κ2) is 7.75. The molecule has 0 radical (unpaired) electrons. The molecule has 0 aliphatic heterocycles. The summed E-state index contributed by atoms with van der Waals surface area (Å²) in [6.07, 6.45) is 0.830. The molecule has 0 aliphatic rings. The summed E-state index contributed by atoms with van der Waals surface area (Å²) in [6, 6.07) is 4.60. The molecular formula is C14H18ClNO4. The Kier molecular flexibility index (Phi) is 6.31. The number of benzene rings is 1. The van der Waals surface area contributed by atoms with Crippen molar-refractivity contribution in [3.8, 4) is 5.75 Å². The first kappa shape index (κ1) is 16.3. The number of hydrogen-bond donors (Lipinski definition) is 1. The van der Waals surface area contributed by atoms with E-state index in [0.29, 0.717) is 5.02 Å². The number of carbonyl (C=O) groups is 2. The van der Waals surface area contributed by atoms with E-state index in [1.807, 2.05) is 13.8 Å². The van der Waals surface area contributed by atoms with E-state index in [1.165, 1.54) is 19.2 Å². The van der Waals surface area contributed by atoms with Crippen LogP contribution < -0.4 is 10.1 Å². The molecule has 0 aliphatic carbocycles. The summed E-state index contributed by atoms with van der Waals surface area (Å²) in [7, 11) is 1.27. The fraction of sp³-hybridized carbons (Fsp3) is 0.429. The van der Waals surface area contributed by atoms with Gasteiger partial charge in [0.25, 0.3) is 5.91 Å². The molecule has 110 valence electrons. The first-order chi connectivity index (χ1) is 9.47. The van der Waals surface area contributed by atoms with Gasteiger partial charge in [-0.3, -0.25) is 4.79 Å². The molecule has 5 nitrogen and oxygen atoms in total. The van der Waals surface area contributed by atoms with Gasteiger partial charge in [-0.1, -0.05) is 18.5 Å². The molecule has 0 spiro atoms. The topological polar surface area (TPSA) is 64.6 Å². The summed E-state index contributed by atoms with van der Waals surface area (Å²) in [6.45, 7) is 3.68. The average Bonchev–Trinajstić information content (AvgIpc) is 2.44. The van der Waals surface area contributed by atoms with E-state index in [4.69, 9.17) is 16.3 Å². The Morgan fingerprint density at radius 3 is 2.70 bits per heavy atom. The molecule has 6 heteroatoms. The minimum atomic E-state index is -0.543. The van der Waals surface area contributed by atoms with Gasteiger partial charge in [0.2, 0.25) is 0 Å². The normalized spacial score (nSPS) is 11.6. The largest absolute Gasteiger partial charge is 0.483 e. The molecule has 1 aromatic rings. The zero-order chi connectivity index (χ0) is 15.1. The highest BCUT2D eigenvalue weighted by molar-refractivity contribution is 6.30. The number of carbonyl (C=O) groups excluding carboxylic acids is 2. The molecule has 1 rings (SSSR count). The molecule has 20 heavy (non-hydrogen) atoms. The number of methoxy groups -OCH3 is 1. The van der Waals surface area contributed by atoms with Crippen LogP contribution in [0.1, 0.15) is 30.6 Å². The van der Waals surface area contributed by atoms with E-state index in [2.05, 4.69) is 10.1 Å². The number of nitrogens with one attached hydrogen (secondary N) is 1. The molecule has 0 aromatic heterocycles. The Morgan fingerprint density at radius 2 is 2.10 bits per heavy atom. The third kappa shape index (κ3) is 4.74. The van der Waals surface area contributed by atoms with Gasteiger partial charge >= 0.3 is 5.97 Å². The van der Waals surface area contributed by atoms with Crippen LogP contribution in [0.15, 0.2) is 18.2 Å². The molecule has 0 bridgehead atoms. The highest BCUT2D eigenvalue weighted by Crippen LogP contribution is 2.24. The predicted octanol–water partition coefficient (Wildman–Crippen LogP) is 2.42. The average molecular weight is 300 g/mol. The molecule has 1 aromatic carbocycles. The molecule has 0 unspecified atom stereocenters. The quantitative estimate of drug-likeness (QED) is 0.819. The van der Waals surface area contributed by atoms with E-state index >= 15 is 0 Å². The molecule has 1 N–H and O–H groups in total. The summed E-state index contributed by atoms with van der Waals surface area (Å²) in [4.78, 5) is 23.2. The van der Waals surface area contributed by atoms with Gasteiger partial charge in [-0.2, -0.15) is 0 Å². The molecule has 1 atom stereocenters. The van der Waals surface area contributed by atoms with Crippen LogP contribution in [0.25, 0.3) is 0 Å². The van der Waals surface area contributed by atoms with Crippen LogP contribution >= 0.6 is 11.6 Å². The Morgan fingerprint density at radius 1 is 1.40 bits per heavy atom. The number of hydrogen-bond acceptors (Lipinski definition) is 4. The van der Waals surface area contributed by atoms with Crippen LogP contribution in [0, 0.1) is 0 Å². The molecule has 1 amide bonds. The van der Waals surface area contributed by atoms with E-state index < -0.39 is 5.97 Å². The lowest BCUT2D eigenvalue weighted by molar-refractivity contribution is -0.123. The van der Waals surface area contributed by atoms with Gasteiger partial charge in [-0.25, -0.2) is 4.79 Å². The molecule has 0 fully saturated rings. The first-order valence-electron chi connectivity index (χ1n) is 6.28. The van der Waals surface area contributed by atoms with E-state index in [1.54, 1.807) is 6.07 Å². The second-order valence-corrected chi connectivity index (χ2v) is 4.73. The fourth-order valence-corrected chi connectivity index (χ4v) is 1.62. The Hall–Kier alpha value is -1.75. The molecule has 0 saturated heterocycles. The summed E-state index contributed by atoms with van der Waals surface area (Å²) < 4.78 is 9.99. The Balaban J connectivity index is 2.74. The van der Waals surface area contributed by atoms with Crippen LogP contribution in [0.5, 0.6) is 5.75 Å². The van der Waals surface area contributed by atoms with Crippen LogP contribution in [0.3, 0.4) is 0 Å². The smallest absolute Gasteiger partial charge is 0.341 e. The maximum atomic E-state index is 11.6. The summed E-state index contributed by atoms with van der Waals surface area (Å²) in [5, 5.41) is 3.18. The number of halogens is 1. The van der Waals surface area contributed by atoms with Crippen molar-refractivity contribution in [2.24, 2.45) is 0 Å².